The van der Waals surface area contributed by atoms with Crippen molar-refractivity contribution in [1.29, 1.82) is 5.26 Å². The number of nitrogens with one attached hydrogen (secondary N) is 1. The van der Waals surface area contributed by atoms with Crippen LogP contribution in [0.4, 0.5) is 0 Å². The average molecular weight is 443 g/mol. The first-order chi connectivity index (χ1) is 14.9. The van der Waals surface area contributed by atoms with E-state index < -0.39 is 10.0 Å². The van der Waals surface area contributed by atoms with Crippen LogP contribution in [-0.4, -0.2) is 64.0 Å². The normalized spacial score (nSPS) is 14.8. The van der Waals surface area contributed by atoms with Crippen LogP contribution in [-0.2, 0) is 21.4 Å². The fourth-order valence-electron chi connectivity index (χ4n) is 3.39. The summed E-state index contributed by atoms with van der Waals surface area (Å²) in [6, 6.07) is 15.7. The van der Waals surface area contributed by atoms with Gasteiger partial charge in [-0.25, -0.2) is 13.1 Å². The highest BCUT2D eigenvalue weighted by atomic mass is 32.2. The summed E-state index contributed by atoms with van der Waals surface area (Å²) in [6.45, 7) is 3.56. The first-order valence-electron chi connectivity index (χ1n) is 10.0. The first-order valence-corrected chi connectivity index (χ1v) is 11.5. The second-order valence-electron chi connectivity index (χ2n) is 7.29. The van der Waals surface area contributed by atoms with Gasteiger partial charge in [-0.1, -0.05) is 12.1 Å². The molecule has 1 amide bonds. The molecule has 8 nitrogen and oxygen atoms in total. The number of carbonyl (C=O) groups excluding carboxylic acids is 1. The molecular formula is C22H26N4O4S. The van der Waals surface area contributed by atoms with Gasteiger partial charge in [0.25, 0.3) is 0 Å². The molecule has 1 aliphatic heterocycles. The molecule has 9 heteroatoms. The SMILES string of the molecule is COc1ccc(S(=O)(=O)NCCC(=O)N2CCN(Cc3ccc(C#N)cc3)CC2)cc1. The summed E-state index contributed by atoms with van der Waals surface area (Å²) in [4.78, 5) is 16.6. The highest BCUT2D eigenvalue weighted by Crippen LogP contribution is 2.15. The van der Waals surface area contributed by atoms with E-state index in [0.717, 1.165) is 25.2 Å². The molecule has 1 saturated heterocycles. The van der Waals surface area contributed by atoms with Crippen molar-refractivity contribution >= 4 is 15.9 Å². The molecule has 0 atom stereocenters. The summed E-state index contributed by atoms with van der Waals surface area (Å²) in [5.41, 5.74) is 1.77. The van der Waals surface area contributed by atoms with Gasteiger partial charge in [-0.15, -0.1) is 0 Å². The van der Waals surface area contributed by atoms with Gasteiger partial charge in [0.05, 0.1) is 23.6 Å². The van der Waals surface area contributed by atoms with Crippen molar-refractivity contribution < 1.29 is 17.9 Å². The Hall–Kier alpha value is -2.93. The molecule has 0 radical (unpaired) electrons. The minimum Gasteiger partial charge on any atom is -0.497 e. The maximum Gasteiger partial charge on any atom is 0.240 e. The van der Waals surface area contributed by atoms with Crippen LogP contribution in [0.1, 0.15) is 17.5 Å². The number of amides is 1. The molecule has 0 bridgehead atoms. The number of piperazine rings is 1. The van der Waals surface area contributed by atoms with Crippen molar-refractivity contribution in [1.82, 2.24) is 14.5 Å². The quantitative estimate of drug-likeness (QED) is 0.666. The van der Waals surface area contributed by atoms with Crippen molar-refractivity contribution in [2.24, 2.45) is 0 Å². The Morgan fingerprint density at radius 1 is 1.06 bits per heavy atom. The Labute approximate surface area is 183 Å². The van der Waals surface area contributed by atoms with Crippen LogP contribution >= 0.6 is 0 Å². The molecule has 0 spiro atoms. The van der Waals surface area contributed by atoms with Gasteiger partial charge in [0.2, 0.25) is 15.9 Å². The van der Waals surface area contributed by atoms with Gasteiger partial charge in [0, 0.05) is 45.7 Å². The van der Waals surface area contributed by atoms with Crippen LogP contribution in [0.25, 0.3) is 0 Å². The Bertz CT molecular complexity index is 1020. The number of hydrogen-bond donors (Lipinski definition) is 1. The predicted molar refractivity (Wildman–Crippen MR) is 116 cm³/mol. The Morgan fingerprint density at radius 3 is 2.29 bits per heavy atom. The largest absolute Gasteiger partial charge is 0.497 e. The van der Waals surface area contributed by atoms with E-state index in [1.54, 1.807) is 17.0 Å². The van der Waals surface area contributed by atoms with Gasteiger partial charge in [0.1, 0.15) is 5.75 Å². The summed E-state index contributed by atoms with van der Waals surface area (Å²) in [7, 11) is -2.15. The summed E-state index contributed by atoms with van der Waals surface area (Å²) in [6.07, 6.45) is 0.116. The molecule has 1 heterocycles. The Kier molecular flexibility index (Phi) is 7.63. The number of nitrogens with zero attached hydrogens (tertiary/aromatic N) is 3. The van der Waals surface area contributed by atoms with Crippen LogP contribution in [0.3, 0.4) is 0 Å². The van der Waals surface area contributed by atoms with Crippen LogP contribution in [0.15, 0.2) is 53.4 Å². The van der Waals surface area contributed by atoms with Crippen LogP contribution < -0.4 is 9.46 Å². The van der Waals surface area contributed by atoms with E-state index in [2.05, 4.69) is 15.7 Å². The lowest BCUT2D eigenvalue weighted by Gasteiger charge is -2.34. The summed E-state index contributed by atoms with van der Waals surface area (Å²) < 4.78 is 32.2. The molecule has 2 aromatic carbocycles. The molecule has 1 aliphatic rings. The molecule has 0 aromatic heterocycles. The van der Waals surface area contributed by atoms with E-state index in [9.17, 15) is 13.2 Å². The number of benzene rings is 2. The number of sulfonamides is 1. The minimum absolute atomic E-state index is 0.0542. The van der Waals surface area contributed by atoms with Gasteiger partial charge in [-0.3, -0.25) is 9.69 Å². The van der Waals surface area contributed by atoms with E-state index in [1.165, 1.54) is 19.2 Å². The Balaban J connectivity index is 1.41. The van der Waals surface area contributed by atoms with E-state index in [0.29, 0.717) is 24.4 Å². The number of methoxy groups -OCH3 is 1. The third-order valence-corrected chi connectivity index (χ3v) is 6.69. The maximum atomic E-state index is 12.5. The molecule has 3 rings (SSSR count). The number of rotatable bonds is 8. The minimum atomic E-state index is -3.66. The number of hydrogen-bond acceptors (Lipinski definition) is 6. The molecule has 2 aromatic rings. The van der Waals surface area contributed by atoms with E-state index in [4.69, 9.17) is 10.00 Å². The molecular weight excluding hydrogens is 416 g/mol. The second-order valence-corrected chi connectivity index (χ2v) is 9.06. The van der Waals surface area contributed by atoms with Gasteiger partial charge < -0.3 is 9.64 Å². The maximum absolute atomic E-state index is 12.5. The zero-order valence-electron chi connectivity index (χ0n) is 17.5. The summed E-state index contributed by atoms with van der Waals surface area (Å²) in [5.74, 6) is 0.517. The number of nitriles is 1. The van der Waals surface area contributed by atoms with E-state index >= 15 is 0 Å². The third-order valence-electron chi connectivity index (χ3n) is 5.21. The number of ether oxygens (including phenoxy) is 1. The third kappa shape index (κ3) is 6.28. The molecule has 1 N–H and O–H groups in total. The lowest BCUT2D eigenvalue weighted by molar-refractivity contribution is -0.132. The van der Waals surface area contributed by atoms with E-state index in [-0.39, 0.29) is 23.8 Å². The van der Waals surface area contributed by atoms with E-state index in [1.807, 2.05) is 24.3 Å². The van der Waals surface area contributed by atoms with Crippen molar-refractivity contribution in [2.45, 2.75) is 17.9 Å². The lowest BCUT2D eigenvalue weighted by Crippen LogP contribution is -2.48. The first kappa shape index (κ1) is 22.7. The van der Waals surface area contributed by atoms with Crippen LogP contribution in [0, 0.1) is 11.3 Å². The van der Waals surface area contributed by atoms with Gasteiger partial charge in [-0.2, -0.15) is 5.26 Å². The molecule has 31 heavy (non-hydrogen) atoms. The van der Waals surface area contributed by atoms with Gasteiger partial charge in [-0.05, 0) is 42.0 Å². The molecule has 164 valence electrons. The van der Waals surface area contributed by atoms with Crippen LogP contribution in [0.5, 0.6) is 5.75 Å². The summed E-state index contributed by atoms with van der Waals surface area (Å²) >= 11 is 0. The lowest BCUT2D eigenvalue weighted by atomic mass is 10.1. The average Bonchev–Trinajstić information content (AvgIpc) is 2.80. The smallest absolute Gasteiger partial charge is 0.240 e. The zero-order valence-corrected chi connectivity index (χ0v) is 18.3. The second kappa shape index (κ2) is 10.4. The topological polar surface area (TPSA) is 103 Å². The fourth-order valence-corrected chi connectivity index (χ4v) is 4.42. The van der Waals surface area contributed by atoms with Crippen molar-refractivity contribution in [3.05, 3.63) is 59.7 Å². The molecule has 0 saturated carbocycles. The Morgan fingerprint density at radius 2 is 1.71 bits per heavy atom. The van der Waals surface area contributed by atoms with Crippen molar-refractivity contribution in [3.63, 3.8) is 0 Å². The molecule has 0 aliphatic carbocycles. The fraction of sp³-hybridized carbons (Fsp3) is 0.364. The van der Waals surface area contributed by atoms with Gasteiger partial charge >= 0.3 is 0 Å². The van der Waals surface area contributed by atoms with Gasteiger partial charge in [0.15, 0.2) is 0 Å². The van der Waals surface area contributed by atoms with Crippen molar-refractivity contribution in [3.8, 4) is 11.8 Å². The predicted octanol–water partition coefficient (Wildman–Crippen LogP) is 1.58. The number of carbonyl (C=O) groups is 1. The highest BCUT2D eigenvalue weighted by molar-refractivity contribution is 7.89. The molecule has 0 unspecified atom stereocenters. The van der Waals surface area contributed by atoms with Crippen LogP contribution in [0.2, 0.25) is 0 Å². The zero-order chi connectivity index (χ0) is 22.3. The highest BCUT2D eigenvalue weighted by Gasteiger charge is 2.22. The molecule has 1 fully saturated rings. The summed E-state index contributed by atoms with van der Waals surface area (Å²) in [5, 5.41) is 8.87. The monoisotopic (exact) mass is 442 g/mol. The standard InChI is InChI=1S/C22H26N4O4S/c1-30-20-6-8-21(9-7-20)31(28,29)24-11-10-22(27)26-14-12-25(13-15-26)17-19-4-2-18(16-23)3-5-19/h2-9,24H,10-15,17H2,1H3. The van der Waals surface area contributed by atoms with Crippen molar-refractivity contribution in [2.75, 3.05) is 39.8 Å².